The van der Waals surface area contributed by atoms with Gasteiger partial charge >= 0.3 is 0 Å². The van der Waals surface area contributed by atoms with Crippen molar-refractivity contribution < 1.29 is 4.42 Å². The van der Waals surface area contributed by atoms with Crippen LogP contribution >= 0.6 is 0 Å². The molecular weight excluding hydrogens is 486 g/mol. The van der Waals surface area contributed by atoms with Crippen molar-refractivity contribution in [3.8, 4) is 11.1 Å². The standard InChI is InChI=1S/C38H25NO/c1-2-11-29(12-3-1)39(30-20-17-27(18-21-30)33-15-8-10-26-9-4-5-13-32(26)33)31-22-23-34-28(25-31)19-24-37-38(34)35-14-6-7-16-36(35)40-37/h1-25H. The summed E-state index contributed by atoms with van der Waals surface area (Å²) in [6.07, 6.45) is 0. The van der Waals surface area contributed by atoms with Gasteiger partial charge in [0.25, 0.3) is 0 Å². The van der Waals surface area contributed by atoms with Crippen LogP contribution in [0.3, 0.4) is 0 Å². The molecule has 2 nitrogen and oxygen atoms in total. The Kier molecular flexibility index (Phi) is 5.17. The molecule has 0 aliphatic heterocycles. The van der Waals surface area contributed by atoms with Gasteiger partial charge in [-0.2, -0.15) is 0 Å². The summed E-state index contributed by atoms with van der Waals surface area (Å²) < 4.78 is 6.14. The molecule has 0 aliphatic carbocycles. The van der Waals surface area contributed by atoms with Gasteiger partial charge in [-0.1, -0.05) is 103 Å². The first-order valence-electron chi connectivity index (χ1n) is 13.6. The van der Waals surface area contributed by atoms with Gasteiger partial charge < -0.3 is 9.32 Å². The number of anilines is 3. The fraction of sp³-hybridized carbons (Fsp3) is 0. The molecule has 8 aromatic rings. The Balaban J connectivity index is 1.26. The number of rotatable bonds is 4. The van der Waals surface area contributed by atoms with E-state index in [9.17, 15) is 0 Å². The van der Waals surface area contributed by atoms with Crippen molar-refractivity contribution in [1.82, 2.24) is 0 Å². The van der Waals surface area contributed by atoms with Gasteiger partial charge in [-0.05, 0) is 81.2 Å². The van der Waals surface area contributed by atoms with E-state index in [0.29, 0.717) is 0 Å². The highest BCUT2D eigenvalue weighted by Gasteiger charge is 2.16. The number of nitrogens with zero attached hydrogens (tertiary/aromatic N) is 1. The normalized spacial score (nSPS) is 11.5. The maximum absolute atomic E-state index is 6.14. The number of fused-ring (bicyclic) bond motifs is 6. The minimum atomic E-state index is 0.922. The smallest absolute Gasteiger partial charge is 0.136 e. The Labute approximate surface area is 232 Å². The fourth-order valence-corrected chi connectivity index (χ4v) is 5.97. The molecule has 0 bridgehead atoms. The van der Waals surface area contributed by atoms with Gasteiger partial charge in [-0.3, -0.25) is 0 Å². The van der Waals surface area contributed by atoms with Crippen molar-refractivity contribution in [2.45, 2.75) is 0 Å². The molecule has 0 saturated heterocycles. The number of benzene rings is 7. The molecule has 1 aromatic heterocycles. The van der Waals surface area contributed by atoms with E-state index in [4.69, 9.17) is 4.42 Å². The van der Waals surface area contributed by atoms with Crippen LogP contribution in [-0.2, 0) is 0 Å². The maximum Gasteiger partial charge on any atom is 0.136 e. The fourth-order valence-electron chi connectivity index (χ4n) is 5.97. The van der Waals surface area contributed by atoms with Gasteiger partial charge in [0, 0.05) is 27.8 Å². The topological polar surface area (TPSA) is 16.4 Å². The van der Waals surface area contributed by atoms with Crippen LogP contribution in [0.25, 0.3) is 54.6 Å². The summed E-state index contributed by atoms with van der Waals surface area (Å²) >= 11 is 0. The lowest BCUT2D eigenvalue weighted by atomic mass is 9.98. The van der Waals surface area contributed by atoms with E-state index in [1.54, 1.807) is 0 Å². The van der Waals surface area contributed by atoms with Crippen LogP contribution in [-0.4, -0.2) is 0 Å². The van der Waals surface area contributed by atoms with Crippen LogP contribution in [0.5, 0.6) is 0 Å². The molecule has 0 radical (unpaired) electrons. The van der Waals surface area contributed by atoms with E-state index < -0.39 is 0 Å². The quantitative estimate of drug-likeness (QED) is 0.234. The van der Waals surface area contributed by atoms with Crippen molar-refractivity contribution in [2.75, 3.05) is 4.90 Å². The second kappa shape index (κ2) is 9.14. The lowest BCUT2D eigenvalue weighted by molar-refractivity contribution is 0.669. The van der Waals surface area contributed by atoms with Crippen LogP contribution in [0.15, 0.2) is 156 Å². The summed E-state index contributed by atoms with van der Waals surface area (Å²) in [7, 11) is 0. The third-order valence-corrected chi connectivity index (χ3v) is 7.84. The second-order valence-corrected chi connectivity index (χ2v) is 10.2. The second-order valence-electron chi connectivity index (χ2n) is 10.2. The van der Waals surface area contributed by atoms with Crippen molar-refractivity contribution in [2.24, 2.45) is 0 Å². The van der Waals surface area contributed by atoms with Gasteiger partial charge in [0.15, 0.2) is 0 Å². The molecule has 0 unspecified atom stereocenters. The summed E-state index contributed by atoms with van der Waals surface area (Å²) in [5, 5.41) is 7.23. The zero-order valence-electron chi connectivity index (χ0n) is 21.8. The third-order valence-electron chi connectivity index (χ3n) is 7.84. The minimum absolute atomic E-state index is 0.922. The molecule has 0 saturated carbocycles. The maximum atomic E-state index is 6.14. The van der Waals surface area contributed by atoms with E-state index in [0.717, 1.165) is 33.6 Å². The van der Waals surface area contributed by atoms with Gasteiger partial charge in [0.1, 0.15) is 11.2 Å². The molecule has 7 aromatic carbocycles. The molecule has 1 heterocycles. The van der Waals surface area contributed by atoms with Gasteiger partial charge in [-0.25, -0.2) is 0 Å². The molecule has 188 valence electrons. The predicted octanol–water partition coefficient (Wildman–Crippen LogP) is 11.0. The van der Waals surface area contributed by atoms with E-state index in [1.165, 1.54) is 38.1 Å². The lowest BCUT2D eigenvalue weighted by Gasteiger charge is -2.26. The number of furan rings is 1. The third kappa shape index (κ3) is 3.65. The van der Waals surface area contributed by atoms with Crippen molar-refractivity contribution in [3.05, 3.63) is 152 Å². The first-order valence-corrected chi connectivity index (χ1v) is 13.6. The van der Waals surface area contributed by atoms with Crippen LogP contribution in [0.4, 0.5) is 17.1 Å². The summed E-state index contributed by atoms with van der Waals surface area (Å²) in [6.45, 7) is 0. The molecule has 8 rings (SSSR count). The van der Waals surface area contributed by atoms with E-state index in [2.05, 4.69) is 144 Å². The van der Waals surface area contributed by atoms with Crippen LogP contribution in [0, 0.1) is 0 Å². The zero-order valence-corrected chi connectivity index (χ0v) is 21.8. The molecule has 2 heteroatoms. The largest absolute Gasteiger partial charge is 0.456 e. The van der Waals surface area contributed by atoms with E-state index in [1.807, 2.05) is 12.1 Å². The van der Waals surface area contributed by atoms with Gasteiger partial charge in [0.2, 0.25) is 0 Å². The summed E-state index contributed by atoms with van der Waals surface area (Å²) in [5.41, 5.74) is 7.65. The Morgan fingerprint density at radius 1 is 0.400 bits per heavy atom. The monoisotopic (exact) mass is 511 g/mol. The van der Waals surface area contributed by atoms with E-state index >= 15 is 0 Å². The number of hydrogen-bond acceptors (Lipinski definition) is 2. The first kappa shape index (κ1) is 22.6. The Morgan fingerprint density at radius 3 is 1.98 bits per heavy atom. The molecule has 0 atom stereocenters. The van der Waals surface area contributed by atoms with E-state index in [-0.39, 0.29) is 0 Å². The number of para-hydroxylation sites is 2. The van der Waals surface area contributed by atoms with Gasteiger partial charge in [-0.15, -0.1) is 0 Å². The first-order chi connectivity index (χ1) is 19.8. The van der Waals surface area contributed by atoms with Crippen LogP contribution in [0.1, 0.15) is 0 Å². The molecule has 0 amide bonds. The summed E-state index contributed by atoms with van der Waals surface area (Å²) in [6, 6.07) is 53.8. The summed E-state index contributed by atoms with van der Waals surface area (Å²) in [4.78, 5) is 2.32. The molecule has 0 fully saturated rings. The Morgan fingerprint density at radius 2 is 1.10 bits per heavy atom. The van der Waals surface area contributed by atoms with Crippen molar-refractivity contribution >= 4 is 60.5 Å². The van der Waals surface area contributed by atoms with Crippen molar-refractivity contribution in [3.63, 3.8) is 0 Å². The van der Waals surface area contributed by atoms with Crippen LogP contribution in [0.2, 0.25) is 0 Å². The SMILES string of the molecule is c1ccc(N(c2ccc(-c3cccc4ccccc34)cc2)c2ccc3c(ccc4oc5ccccc5c43)c2)cc1. The minimum Gasteiger partial charge on any atom is -0.456 e. The van der Waals surface area contributed by atoms with Gasteiger partial charge in [0.05, 0.1) is 0 Å². The average Bonchev–Trinajstić information content (AvgIpc) is 3.41. The highest BCUT2D eigenvalue weighted by molar-refractivity contribution is 6.19. The number of hydrogen-bond donors (Lipinski definition) is 0. The highest BCUT2D eigenvalue weighted by Crippen LogP contribution is 2.40. The molecular formula is C38H25NO. The van der Waals surface area contributed by atoms with Crippen molar-refractivity contribution in [1.29, 1.82) is 0 Å². The highest BCUT2D eigenvalue weighted by atomic mass is 16.3. The Hall–Kier alpha value is -5.34. The average molecular weight is 512 g/mol. The molecule has 40 heavy (non-hydrogen) atoms. The molecule has 0 aliphatic rings. The predicted molar refractivity (Wildman–Crippen MR) is 169 cm³/mol. The molecule has 0 N–H and O–H groups in total. The zero-order chi connectivity index (χ0) is 26.5. The lowest BCUT2D eigenvalue weighted by Crippen LogP contribution is -2.09. The Bertz CT molecular complexity index is 2150. The van der Waals surface area contributed by atoms with Crippen LogP contribution < -0.4 is 4.90 Å². The summed E-state index contributed by atoms with van der Waals surface area (Å²) in [5.74, 6) is 0. The molecule has 0 spiro atoms.